The van der Waals surface area contributed by atoms with E-state index in [1.807, 2.05) is 0 Å². The van der Waals surface area contributed by atoms with Gasteiger partial charge in [0.2, 0.25) is 0 Å². The van der Waals surface area contributed by atoms with Gasteiger partial charge in [0, 0.05) is 20.4 Å². The summed E-state index contributed by atoms with van der Waals surface area (Å²) in [6.45, 7) is 0. The van der Waals surface area contributed by atoms with Crippen LogP contribution in [0.1, 0.15) is 0 Å². The smallest absolute Gasteiger partial charge is 2.00 e. The summed E-state index contributed by atoms with van der Waals surface area (Å²) in [4.78, 5) is 8.25. The minimum atomic E-state index is -1.75. The van der Waals surface area contributed by atoms with Gasteiger partial charge in [0.1, 0.15) is 0 Å². The topological polar surface area (TPSA) is 152 Å². The molecule has 0 amide bonds. The van der Waals surface area contributed by atoms with Gasteiger partial charge < -0.3 is 31.8 Å². The molecule has 10 heteroatoms. The fourth-order valence-corrected chi connectivity index (χ4v) is 0. The predicted octanol–water partition coefficient (Wildman–Crippen LogP) is -1.36. The Balaban J connectivity index is -0.00000000300. The minimum Gasteiger partial charge on any atom is -2.00 e. The van der Waals surface area contributed by atoms with Crippen molar-refractivity contribution < 1.29 is 41.9 Å². The molecule has 7 nitrogen and oxygen atoms in total. The van der Waals surface area contributed by atoms with Gasteiger partial charge in [0.05, 0.1) is 5.09 Å². The Hall–Kier alpha value is 0.807. The molecule has 58 valence electrons. The van der Waals surface area contributed by atoms with Gasteiger partial charge in [-0.3, -0.25) is 0 Å². The van der Waals surface area contributed by atoms with Crippen molar-refractivity contribution in [3.63, 3.8) is 0 Å². The first kappa shape index (κ1) is 71.7. The van der Waals surface area contributed by atoms with Crippen LogP contribution in [0.5, 0.6) is 0 Å². The van der Waals surface area contributed by atoms with E-state index in [0.717, 1.165) is 0 Å². The summed E-state index contributed by atoms with van der Waals surface area (Å²) < 4.78 is 0. The van der Waals surface area contributed by atoms with E-state index in [4.69, 9.17) is 15.3 Å². The van der Waals surface area contributed by atoms with E-state index in [2.05, 4.69) is 0 Å². The van der Waals surface area contributed by atoms with Crippen LogP contribution in [0.25, 0.3) is 0 Å². The van der Waals surface area contributed by atoms with Crippen molar-refractivity contribution in [2.24, 2.45) is 0 Å². The molecule has 0 aromatic heterocycles. The zero-order chi connectivity index (χ0) is 3.58. The molecular formula is Al2NO6Pd-. The molecule has 0 N–H and O–H groups in total. The first-order valence-electron chi connectivity index (χ1n) is 0.548. The van der Waals surface area contributed by atoms with Gasteiger partial charge in [-0.25, -0.2) is 0 Å². The van der Waals surface area contributed by atoms with Crippen LogP contribution in [0, 0.1) is 15.3 Å². The van der Waals surface area contributed by atoms with Crippen molar-refractivity contribution in [1.82, 2.24) is 0 Å². The molecule has 0 aliphatic rings. The fourth-order valence-electron chi connectivity index (χ4n) is 0. The van der Waals surface area contributed by atoms with Crippen molar-refractivity contribution in [3.8, 4) is 0 Å². The molecule has 0 fully saturated rings. The molecule has 0 bridgehead atoms. The Labute approximate surface area is 91.7 Å². The number of hydrogen-bond acceptors (Lipinski definition) is 3. The van der Waals surface area contributed by atoms with Gasteiger partial charge in [-0.2, -0.15) is 0 Å². The fraction of sp³-hybridized carbons (Fsp3) is 0. The average Bonchev–Trinajstić information content (AvgIpc) is 0.811. The zero-order valence-corrected chi connectivity index (χ0v) is 8.23. The molecule has 0 aliphatic carbocycles. The third kappa shape index (κ3) is 824. The maximum atomic E-state index is 8.25. The van der Waals surface area contributed by atoms with Crippen LogP contribution < -0.4 is 0 Å². The van der Waals surface area contributed by atoms with E-state index in [0.29, 0.717) is 0 Å². The van der Waals surface area contributed by atoms with Crippen LogP contribution in [0.2, 0.25) is 0 Å². The Bertz CT molecular complexity index is 38.7. The molecule has 10 heavy (non-hydrogen) atoms. The molecular weight excluding hydrogens is 270 g/mol. The maximum Gasteiger partial charge on any atom is 3.00 e. The summed E-state index contributed by atoms with van der Waals surface area (Å²) in [5, 5.41) is 14.8. The largest absolute Gasteiger partial charge is 3.00 e. The SMILES string of the molecule is O=[N+]([O-])[O-].[Al+3].[Al+3].[O-2].[O-2].[O-2].[Pd]. The number of nitrogens with zero attached hydrogens (tertiary/aromatic N) is 1. The van der Waals surface area contributed by atoms with E-state index in [1.165, 1.54) is 0 Å². The predicted molar refractivity (Wildman–Crippen MR) is 23.9 cm³/mol. The summed E-state index contributed by atoms with van der Waals surface area (Å²) in [6.07, 6.45) is 0. The zero-order valence-electron chi connectivity index (χ0n) is 4.37. The van der Waals surface area contributed by atoms with Crippen LogP contribution in [-0.4, -0.2) is 39.8 Å². The second-order valence-corrected chi connectivity index (χ2v) is 0.224. The van der Waals surface area contributed by atoms with Gasteiger partial charge >= 0.3 is 34.7 Å². The summed E-state index contributed by atoms with van der Waals surface area (Å²) in [7, 11) is 0. The van der Waals surface area contributed by atoms with Crippen molar-refractivity contribution >= 4 is 34.7 Å². The molecule has 0 aromatic rings. The van der Waals surface area contributed by atoms with Gasteiger partial charge in [0.25, 0.3) is 0 Å². The van der Waals surface area contributed by atoms with Gasteiger partial charge in [-0.1, -0.05) is 0 Å². The Morgan fingerprint density at radius 3 is 0.900 bits per heavy atom. The quantitative estimate of drug-likeness (QED) is 0.303. The van der Waals surface area contributed by atoms with Gasteiger partial charge in [0.15, 0.2) is 0 Å². The van der Waals surface area contributed by atoms with Crippen LogP contribution in [0.4, 0.5) is 0 Å². The first-order valence-corrected chi connectivity index (χ1v) is 0.548. The standard InChI is InChI=1S/2Al.NO3.3O.Pd/c;;2-1(3)4;;;;/q2*+3;-1;3*-2;. The van der Waals surface area contributed by atoms with Crippen LogP contribution in [-0.2, 0) is 36.9 Å². The van der Waals surface area contributed by atoms with Crippen LogP contribution >= 0.6 is 0 Å². The molecule has 0 heterocycles. The van der Waals surface area contributed by atoms with Crippen molar-refractivity contribution in [3.05, 3.63) is 15.3 Å². The second kappa shape index (κ2) is 52.5. The molecule has 0 spiro atoms. The Morgan fingerprint density at radius 1 is 0.900 bits per heavy atom. The number of rotatable bonds is 0. The molecule has 0 radical (unpaired) electrons. The van der Waals surface area contributed by atoms with Gasteiger partial charge in [-0.15, -0.1) is 0 Å². The summed E-state index contributed by atoms with van der Waals surface area (Å²) in [6, 6.07) is 0. The van der Waals surface area contributed by atoms with E-state index in [-0.39, 0.29) is 71.6 Å². The Kier molecular flexibility index (Phi) is 376. The third-order valence-electron chi connectivity index (χ3n) is 0. The van der Waals surface area contributed by atoms with Gasteiger partial charge in [-0.05, 0) is 0 Å². The van der Waals surface area contributed by atoms with Crippen molar-refractivity contribution in [1.29, 1.82) is 0 Å². The van der Waals surface area contributed by atoms with E-state index in [9.17, 15) is 0 Å². The van der Waals surface area contributed by atoms with E-state index in [1.54, 1.807) is 0 Å². The average molecular weight is 270 g/mol. The van der Waals surface area contributed by atoms with Crippen molar-refractivity contribution in [2.75, 3.05) is 0 Å². The molecule has 0 unspecified atom stereocenters. The van der Waals surface area contributed by atoms with Crippen LogP contribution in [0.15, 0.2) is 0 Å². The number of hydrogen-bond donors (Lipinski definition) is 0. The third-order valence-corrected chi connectivity index (χ3v) is 0. The summed E-state index contributed by atoms with van der Waals surface area (Å²) in [5.41, 5.74) is 0. The van der Waals surface area contributed by atoms with E-state index < -0.39 is 5.09 Å². The molecule has 0 aromatic carbocycles. The Morgan fingerprint density at radius 2 is 0.900 bits per heavy atom. The minimum absolute atomic E-state index is 0. The maximum absolute atomic E-state index is 8.25. The molecule has 0 saturated heterocycles. The van der Waals surface area contributed by atoms with E-state index >= 15 is 0 Å². The molecule has 0 aliphatic heterocycles. The second-order valence-electron chi connectivity index (χ2n) is 0.224. The summed E-state index contributed by atoms with van der Waals surface area (Å²) >= 11 is 0. The molecule has 0 saturated carbocycles. The van der Waals surface area contributed by atoms with Crippen LogP contribution in [0.3, 0.4) is 0 Å². The molecule has 0 rings (SSSR count). The summed E-state index contributed by atoms with van der Waals surface area (Å²) in [5.74, 6) is 0. The van der Waals surface area contributed by atoms with Crippen molar-refractivity contribution in [2.45, 2.75) is 0 Å². The molecule has 0 atom stereocenters. The first-order chi connectivity index (χ1) is 1.73. The monoisotopic (exact) mass is 270 g/mol. The normalized spacial score (nSPS) is 2.40.